The van der Waals surface area contributed by atoms with Crippen molar-refractivity contribution in [2.45, 2.75) is 17.1 Å². The van der Waals surface area contributed by atoms with Gasteiger partial charge in [0.25, 0.3) is 10.0 Å². The lowest BCUT2D eigenvalue weighted by Crippen LogP contribution is -2.41. The molecular formula is C25H28N2O4S2. The van der Waals surface area contributed by atoms with Crippen molar-refractivity contribution in [3.05, 3.63) is 90.5 Å². The van der Waals surface area contributed by atoms with Crippen LogP contribution in [0.25, 0.3) is 0 Å². The number of rotatable bonds is 12. The number of anilines is 1. The first-order valence-electron chi connectivity index (χ1n) is 10.6. The Hall–Kier alpha value is -2.97. The molecule has 3 aromatic rings. The van der Waals surface area contributed by atoms with Gasteiger partial charge < -0.3 is 10.1 Å². The summed E-state index contributed by atoms with van der Waals surface area (Å²) in [5.74, 6) is 1.83. The number of hydrogen-bond donors (Lipinski definition) is 1. The monoisotopic (exact) mass is 484 g/mol. The average molecular weight is 485 g/mol. The smallest absolute Gasteiger partial charge is 0.264 e. The Bertz CT molecular complexity index is 1120. The molecule has 0 saturated heterocycles. The van der Waals surface area contributed by atoms with Crippen LogP contribution in [0.3, 0.4) is 0 Å². The summed E-state index contributed by atoms with van der Waals surface area (Å²) in [5.41, 5.74) is 1.59. The van der Waals surface area contributed by atoms with Gasteiger partial charge in [-0.05, 0) is 42.0 Å². The van der Waals surface area contributed by atoms with Crippen LogP contribution in [0.2, 0.25) is 0 Å². The lowest BCUT2D eigenvalue weighted by atomic mass is 10.2. The molecule has 6 nitrogen and oxygen atoms in total. The van der Waals surface area contributed by atoms with E-state index in [-0.39, 0.29) is 17.3 Å². The number of methoxy groups -OCH3 is 1. The topological polar surface area (TPSA) is 75.7 Å². The summed E-state index contributed by atoms with van der Waals surface area (Å²) < 4.78 is 33.2. The number of carbonyl (C=O) groups is 1. The Morgan fingerprint density at radius 2 is 1.58 bits per heavy atom. The molecule has 1 N–H and O–H groups in total. The van der Waals surface area contributed by atoms with Crippen LogP contribution in [0.5, 0.6) is 5.75 Å². The summed E-state index contributed by atoms with van der Waals surface area (Å²) >= 11 is 1.80. The number of nitrogens with zero attached hydrogens (tertiary/aromatic N) is 1. The predicted molar refractivity (Wildman–Crippen MR) is 134 cm³/mol. The SMILES string of the molecule is COc1ccccc1N(CC(=O)NCCCSCc1ccccc1)S(=O)(=O)c1ccccc1. The predicted octanol–water partition coefficient (Wildman–Crippen LogP) is 4.33. The van der Waals surface area contributed by atoms with Gasteiger partial charge >= 0.3 is 0 Å². The molecule has 0 aliphatic heterocycles. The summed E-state index contributed by atoms with van der Waals surface area (Å²) in [4.78, 5) is 12.8. The van der Waals surface area contributed by atoms with E-state index in [2.05, 4.69) is 17.4 Å². The van der Waals surface area contributed by atoms with E-state index >= 15 is 0 Å². The van der Waals surface area contributed by atoms with Crippen molar-refractivity contribution in [3.63, 3.8) is 0 Å². The normalized spacial score (nSPS) is 11.1. The number of benzene rings is 3. The molecule has 0 aliphatic rings. The summed E-state index contributed by atoms with van der Waals surface area (Å²) in [6.07, 6.45) is 0.795. The lowest BCUT2D eigenvalue weighted by molar-refractivity contribution is -0.119. The first kappa shape index (κ1) is 24.7. The molecular weight excluding hydrogens is 456 g/mol. The van der Waals surface area contributed by atoms with Crippen molar-refractivity contribution in [2.24, 2.45) is 0 Å². The molecule has 1 amide bonds. The average Bonchev–Trinajstić information content (AvgIpc) is 2.85. The highest BCUT2D eigenvalue weighted by atomic mass is 32.2. The molecule has 0 fully saturated rings. The van der Waals surface area contributed by atoms with Crippen LogP contribution in [0.1, 0.15) is 12.0 Å². The van der Waals surface area contributed by atoms with Crippen LogP contribution >= 0.6 is 11.8 Å². The molecule has 3 rings (SSSR count). The molecule has 0 saturated carbocycles. The molecule has 0 heterocycles. The number of ether oxygens (including phenoxy) is 1. The molecule has 8 heteroatoms. The molecule has 3 aromatic carbocycles. The van der Waals surface area contributed by atoms with Gasteiger partial charge in [0.05, 0.1) is 17.7 Å². The second-order valence-corrected chi connectivity index (χ2v) is 10.2. The zero-order valence-corrected chi connectivity index (χ0v) is 20.1. The maximum atomic E-state index is 13.4. The maximum absolute atomic E-state index is 13.4. The molecule has 33 heavy (non-hydrogen) atoms. The van der Waals surface area contributed by atoms with Crippen molar-refractivity contribution in [1.29, 1.82) is 0 Å². The number of nitrogens with one attached hydrogen (secondary N) is 1. The van der Waals surface area contributed by atoms with Crippen molar-refractivity contribution in [1.82, 2.24) is 5.32 Å². The van der Waals surface area contributed by atoms with Crippen LogP contribution in [-0.2, 0) is 20.6 Å². The Morgan fingerprint density at radius 3 is 2.27 bits per heavy atom. The van der Waals surface area contributed by atoms with Crippen LogP contribution in [-0.4, -0.2) is 40.3 Å². The van der Waals surface area contributed by atoms with E-state index in [1.165, 1.54) is 24.8 Å². The number of hydrogen-bond acceptors (Lipinski definition) is 5. The van der Waals surface area contributed by atoms with Gasteiger partial charge in [0, 0.05) is 12.3 Å². The van der Waals surface area contributed by atoms with E-state index < -0.39 is 10.0 Å². The van der Waals surface area contributed by atoms with E-state index in [9.17, 15) is 13.2 Å². The largest absolute Gasteiger partial charge is 0.495 e. The van der Waals surface area contributed by atoms with E-state index in [0.29, 0.717) is 18.0 Å². The summed E-state index contributed by atoms with van der Waals surface area (Å²) in [6, 6.07) is 25.1. The number of para-hydroxylation sites is 2. The highest BCUT2D eigenvalue weighted by molar-refractivity contribution is 7.98. The highest BCUT2D eigenvalue weighted by Crippen LogP contribution is 2.32. The Kier molecular flexibility index (Phi) is 9.21. The molecule has 174 valence electrons. The van der Waals surface area contributed by atoms with Gasteiger partial charge in [-0.15, -0.1) is 0 Å². The third-order valence-electron chi connectivity index (χ3n) is 4.87. The van der Waals surface area contributed by atoms with Crippen LogP contribution in [0, 0.1) is 0 Å². The van der Waals surface area contributed by atoms with Crippen molar-refractivity contribution < 1.29 is 17.9 Å². The first-order valence-corrected chi connectivity index (χ1v) is 13.2. The second kappa shape index (κ2) is 12.3. The third kappa shape index (κ3) is 7.00. The number of amides is 1. The van der Waals surface area contributed by atoms with Crippen molar-refractivity contribution >= 4 is 33.4 Å². The van der Waals surface area contributed by atoms with E-state index in [1.807, 2.05) is 18.2 Å². The molecule has 0 unspecified atom stereocenters. The molecule has 0 aromatic heterocycles. The van der Waals surface area contributed by atoms with Gasteiger partial charge in [-0.1, -0.05) is 60.7 Å². The summed E-state index contributed by atoms with van der Waals surface area (Å²) in [5, 5.41) is 2.84. The minimum atomic E-state index is -3.96. The van der Waals surface area contributed by atoms with Gasteiger partial charge in [0.1, 0.15) is 12.3 Å². The van der Waals surface area contributed by atoms with Gasteiger partial charge in [-0.25, -0.2) is 8.42 Å². The number of sulfonamides is 1. The molecule has 0 atom stereocenters. The lowest BCUT2D eigenvalue weighted by Gasteiger charge is -2.25. The minimum absolute atomic E-state index is 0.112. The Balaban J connectivity index is 1.62. The Morgan fingerprint density at radius 1 is 0.939 bits per heavy atom. The van der Waals surface area contributed by atoms with Gasteiger partial charge in [-0.3, -0.25) is 9.10 Å². The quantitative estimate of drug-likeness (QED) is 0.387. The molecule has 0 bridgehead atoms. The minimum Gasteiger partial charge on any atom is -0.495 e. The second-order valence-electron chi connectivity index (χ2n) is 7.24. The van der Waals surface area contributed by atoms with Gasteiger partial charge in [0.15, 0.2) is 0 Å². The summed E-state index contributed by atoms with van der Waals surface area (Å²) in [6.45, 7) is 0.139. The fraction of sp³-hybridized carbons (Fsp3) is 0.240. The Labute approximate surface area is 200 Å². The van der Waals surface area contributed by atoms with Crippen molar-refractivity contribution in [2.75, 3.05) is 30.3 Å². The molecule has 0 aliphatic carbocycles. The first-order chi connectivity index (χ1) is 16.0. The van der Waals surface area contributed by atoms with Crippen molar-refractivity contribution in [3.8, 4) is 5.75 Å². The zero-order valence-electron chi connectivity index (χ0n) is 18.5. The standard InChI is InChI=1S/C25H28N2O4S2/c1-31-24-16-9-8-15-23(24)27(33(29,30)22-13-6-3-7-14-22)19-25(28)26-17-10-18-32-20-21-11-4-2-5-12-21/h2-9,11-16H,10,17-20H2,1H3,(H,26,28). The maximum Gasteiger partial charge on any atom is 0.264 e. The van der Waals surface area contributed by atoms with Gasteiger partial charge in [-0.2, -0.15) is 11.8 Å². The number of carbonyl (C=O) groups excluding carboxylic acids is 1. The van der Waals surface area contributed by atoms with Crippen LogP contribution in [0.15, 0.2) is 89.8 Å². The van der Waals surface area contributed by atoms with E-state index in [0.717, 1.165) is 22.2 Å². The summed E-state index contributed by atoms with van der Waals surface area (Å²) in [7, 11) is -2.49. The van der Waals surface area contributed by atoms with Crippen LogP contribution in [0.4, 0.5) is 5.69 Å². The van der Waals surface area contributed by atoms with Gasteiger partial charge in [0.2, 0.25) is 5.91 Å². The fourth-order valence-corrected chi connectivity index (χ4v) is 5.58. The highest BCUT2D eigenvalue weighted by Gasteiger charge is 2.29. The van der Waals surface area contributed by atoms with E-state index in [1.54, 1.807) is 54.2 Å². The third-order valence-corrected chi connectivity index (χ3v) is 7.76. The molecule has 0 spiro atoms. The fourth-order valence-electron chi connectivity index (χ4n) is 3.21. The molecule has 0 radical (unpaired) electrons. The zero-order chi connectivity index (χ0) is 23.5. The van der Waals surface area contributed by atoms with Crippen LogP contribution < -0.4 is 14.4 Å². The van der Waals surface area contributed by atoms with E-state index in [4.69, 9.17) is 4.74 Å². The number of thioether (sulfide) groups is 1.